The van der Waals surface area contributed by atoms with Crippen LogP contribution in [-0.2, 0) is 7.05 Å². The monoisotopic (exact) mass is 340 g/mol. The molecule has 130 valence electrons. The van der Waals surface area contributed by atoms with E-state index in [4.69, 9.17) is 0 Å². The zero-order chi connectivity index (χ0) is 18.1. The number of aromatic amines is 1. The summed E-state index contributed by atoms with van der Waals surface area (Å²) in [4.78, 5) is 30.7. The minimum absolute atomic E-state index is 0.0410. The molecule has 0 saturated heterocycles. The van der Waals surface area contributed by atoms with Crippen LogP contribution in [0.2, 0.25) is 0 Å². The summed E-state index contributed by atoms with van der Waals surface area (Å²) < 4.78 is 3.03. The van der Waals surface area contributed by atoms with Gasteiger partial charge in [0, 0.05) is 13.1 Å². The summed E-state index contributed by atoms with van der Waals surface area (Å²) in [7, 11) is 1.57. The summed E-state index contributed by atoms with van der Waals surface area (Å²) in [5.41, 5.74) is 4.68. The van der Waals surface area contributed by atoms with Gasteiger partial charge in [-0.15, -0.1) is 0 Å². The molecule has 0 aliphatic rings. The molecule has 0 bridgehead atoms. The Morgan fingerprint density at radius 2 is 1.92 bits per heavy atom. The Labute approximate surface area is 143 Å². The van der Waals surface area contributed by atoms with Crippen molar-refractivity contribution in [1.82, 2.24) is 19.1 Å². The van der Waals surface area contributed by atoms with E-state index < -0.39 is 11.2 Å². The molecule has 2 aromatic heterocycles. The quantitative estimate of drug-likeness (QED) is 0.558. The summed E-state index contributed by atoms with van der Waals surface area (Å²) in [5.74, 6) is 0.403. The average molecular weight is 340 g/mol. The van der Waals surface area contributed by atoms with Crippen molar-refractivity contribution in [1.29, 1.82) is 0 Å². The highest BCUT2D eigenvalue weighted by molar-refractivity contribution is 5.80. The van der Waals surface area contributed by atoms with Crippen molar-refractivity contribution in [2.75, 3.05) is 5.43 Å². The van der Waals surface area contributed by atoms with Crippen molar-refractivity contribution >= 4 is 23.3 Å². The topological polar surface area (TPSA) is 97.1 Å². The molecule has 0 radical (unpaired) electrons. The zero-order valence-electron chi connectivity index (χ0n) is 14.6. The molecular weight excluding hydrogens is 320 g/mol. The molecule has 8 nitrogen and oxygen atoms in total. The number of hydrogen-bond acceptors (Lipinski definition) is 5. The van der Waals surface area contributed by atoms with E-state index in [0.717, 1.165) is 5.56 Å². The lowest BCUT2D eigenvalue weighted by molar-refractivity contribution is 0.620. The lowest BCUT2D eigenvalue weighted by atomic mass is 10.2. The van der Waals surface area contributed by atoms with Crippen LogP contribution in [0.3, 0.4) is 0 Å². The minimum atomic E-state index is -0.499. The van der Waals surface area contributed by atoms with E-state index in [-0.39, 0.29) is 6.04 Å². The van der Waals surface area contributed by atoms with Gasteiger partial charge in [0.2, 0.25) is 5.95 Å². The molecule has 3 rings (SSSR count). The van der Waals surface area contributed by atoms with Gasteiger partial charge in [-0.3, -0.25) is 14.3 Å². The van der Waals surface area contributed by atoms with Crippen LogP contribution in [0.1, 0.15) is 31.0 Å². The van der Waals surface area contributed by atoms with Gasteiger partial charge < -0.3 is 4.57 Å². The van der Waals surface area contributed by atoms with E-state index in [1.165, 1.54) is 10.1 Å². The molecule has 25 heavy (non-hydrogen) atoms. The number of fused-ring (bicyclic) bond motifs is 1. The molecule has 0 aliphatic carbocycles. The van der Waals surface area contributed by atoms with Crippen molar-refractivity contribution in [2.45, 2.75) is 26.8 Å². The molecule has 2 heterocycles. The van der Waals surface area contributed by atoms with E-state index in [2.05, 4.69) is 20.5 Å². The second-order valence-electron chi connectivity index (χ2n) is 6.17. The molecule has 2 N–H and O–H groups in total. The number of anilines is 1. The van der Waals surface area contributed by atoms with Gasteiger partial charge in [0.15, 0.2) is 11.2 Å². The van der Waals surface area contributed by atoms with Crippen LogP contribution < -0.4 is 16.7 Å². The van der Waals surface area contributed by atoms with Gasteiger partial charge in [-0.25, -0.2) is 10.2 Å². The van der Waals surface area contributed by atoms with Crippen LogP contribution in [0.4, 0.5) is 5.95 Å². The number of benzene rings is 1. The Kier molecular flexibility index (Phi) is 4.26. The second kappa shape index (κ2) is 6.39. The van der Waals surface area contributed by atoms with Crippen molar-refractivity contribution in [3.05, 3.63) is 56.2 Å². The fourth-order valence-corrected chi connectivity index (χ4v) is 2.60. The summed E-state index contributed by atoms with van der Waals surface area (Å²) in [6.07, 6.45) is 1.67. The van der Waals surface area contributed by atoms with E-state index >= 15 is 0 Å². The van der Waals surface area contributed by atoms with Gasteiger partial charge in [-0.1, -0.05) is 29.8 Å². The van der Waals surface area contributed by atoms with Crippen LogP contribution in [-0.4, -0.2) is 25.3 Å². The van der Waals surface area contributed by atoms with Crippen LogP contribution in [0.5, 0.6) is 0 Å². The van der Waals surface area contributed by atoms with Gasteiger partial charge in [0.1, 0.15) is 0 Å². The van der Waals surface area contributed by atoms with Crippen LogP contribution in [0.25, 0.3) is 11.2 Å². The van der Waals surface area contributed by atoms with E-state index in [1.54, 1.807) is 17.8 Å². The highest BCUT2D eigenvalue weighted by atomic mass is 16.2. The molecular formula is C17H20N6O2. The molecule has 0 fully saturated rings. The molecule has 1 aromatic carbocycles. The Bertz CT molecular complexity index is 1050. The second-order valence-corrected chi connectivity index (χ2v) is 6.17. The van der Waals surface area contributed by atoms with Crippen LogP contribution >= 0.6 is 0 Å². The van der Waals surface area contributed by atoms with Gasteiger partial charge >= 0.3 is 5.69 Å². The maximum absolute atomic E-state index is 12.2. The first-order chi connectivity index (χ1) is 11.9. The summed E-state index contributed by atoms with van der Waals surface area (Å²) >= 11 is 0. The third-order valence-electron chi connectivity index (χ3n) is 3.92. The smallest absolute Gasteiger partial charge is 0.300 e. The number of hydrazone groups is 1. The number of hydrogen-bond donors (Lipinski definition) is 2. The van der Waals surface area contributed by atoms with Gasteiger partial charge in [-0.05, 0) is 26.3 Å². The Hall–Kier alpha value is -3.16. The SMILES string of the molecule is Cc1ccc(/C=N\Nc2nc3c(c(=O)[nH]c(=O)n3C)n2C(C)C)cc1. The van der Waals surface area contributed by atoms with E-state index in [9.17, 15) is 9.59 Å². The molecule has 0 amide bonds. The Morgan fingerprint density at radius 1 is 1.24 bits per heavy atom. The first-order valence-electron chi connectivity index (χ1n) is 7.95. The Balaban J connectivity index is 2.04. The number of aryl methyl sites for hydroxylation is 2. The maximum Gasteiger partial charge on any atom is 0.329 e. The summed E-state index contributed by atoms with van der Waals surface area (Å²) in [6, 6.07) is 7.88. The number of H-pyrrole nitrogens is 1. The molecule has 0 saturated carbocycles. The molecule has 0 aliphatic heterocycles. The third-order valence-corrected chi connectivity index (χ3v) is 3.92. The molecule has 3 aromatic rings. The predicted molar refractivity (Wildman–Crippen MR) is 98.4 cm³/mol. The average Bonchev–Trinajstić information content (AvgIpc) is 2.95. The highest BCUT2D eigenvalue weighted by Gasteiger charge is 2.18. The summed E-state index contributed by atoms with van der Waals surface area (Å²) in [5, 5.41) is 4.20. The minimum Gasteiger partial charge on any atom is -0.300 e. The van der Waals surface area contributed by atoms with Crippen LogP contribution in [0, 0.1) is 6.92 Å². The normalized spacial score (nSPS) is 11.7. The summed E-state index contributed by atoms with van der Waals surface area (Å²) in [6.45, 7) is 5.88. The van der Waals surface area contributed by atoms with Crippen molar-refractivity contribution < 1.29 is 0 Å². The first kappa shape index (κ1) is 16.7. The Morgan fingerprint density at radius 3 is 2.56 bits per heavy atom. The van der Waals surface area contributed by atoms with Gasteiger partial charge in [-0.2, -0.15) is 10.1 Å². The molecule has 0 atom stereocenters. The molecule has 0 unspecified atom stereocenters. The van der Waals surface area contributed by atoms with Gasteiger partial charge in [0.05, 0.1) is 6.21 Å². The standard InChI is InChI=1S/C17H20N6O2/c1-10(2)23-13-14(22(4)17(25)20-15(13)24)19-16(23)21-18-9-12-7-5-11(3)6-8-12/h5-10H,1-4H3,(H,19,21)(H,20,24,25)/b18-9-. The lowest BCUT2D eigenvalue weighted by Crippen LogP contribution is -2.29. The largest absolute Gasteiger partial charge is 0.329 e. The van der Waals surface area contributed by atoms with Crippen molar-refractivity contribution in [3.63, 3.8) is 0 Å². The fourth-order valence-electron chi connectivity index (χ4n) is 2.60. The van der Waals surface area contributed by atoms with E-state index in [0.29, 0.717) is 17.1 Å². The van der Waals surface area contributed by atoms with E-state index in [1.807, 2.05) is 45.0 Å². The zero-order valence-corrected chi connectivity index (χ0v) is 14.6. The maximum atomic E-state index is 12.2. The predicted octanol–water partition coefficient (Wildman–Crippen LogP) is 1.76. The number of imidazole rings is 1. The molecule has 8 heteroatoms. The van der Waals surface area contributed by atoms with Crippen molar-refractivity contribution in [2.24, 2.45) is 12.1 Å². The van der Waals surface area contributed by atoms with Crippen molar-refractivity contribution in [3.8, 4) is 0 Å². The van der Waals surface area contributed by atoms with Crippen LogP contribution in [0.15, 0.2) is 39.0 Å². The first-order valence-corrected chi connectivity index (χ1v) is 7.95. The molecule has 0 spiro atoms. The number of nitrogens with zero attached hydrogens (tertiary/aromatic N) is 4. The highest BCUT2D eigenvalue weighted by Crippen LogP contribution is 2.20. The fraction of sp³-hybridized carbons (Fsp3) is 0.294. The number of nitrogens with one attached hydrogen (secondary N) is 2. The number of rotatable bonds is 4. The lowest BCUT2D eigenvalue weighted by Gasteiger charge is -2.11. The third kappa shape index (κ3) is 3.10. The van der Waals surface area contributed by atoms with Gasteiger partial charge in [0.25, 0.3) is 5.56 Å². The number of aromatic nitrogens is 4.